The van der Waals surface area contributed by atoms with Gasteiger partial charge in [0.2, 0.25) is 0 Å². The van der Waals surface area contributed by atoms with Crippen molar-refractivity contribution in [2.45, 2.75) is 26.7 Å². The van der Waals surface area contributed by atoms with Crippen LogP contribution in [-0.2, 0) is 4.79 Å². The minimum absolute atomic E-state index is 0.247. The lowest BCUT2D eigenvalue weighted by atomic mass is 9.82. The molecule has 0 aromatic carbocycles. The van der Waals surface area contributed by atoms with Crippen molar-refractivity contribution in [2.75, 3.05) is 0 Å². The van der Waals surface area contributed by atoms with Crippen LogP contribution in [0.25, 0.3) is 0 Å². The molecule has 2 nitrogen and oxygen atoms in total. The van der Waals surface area contributed by atoms with E-state index in [0.717, 1.165) is 12.8 Å². The molecular formula is C9H14O2. The molecule has 1 aliphatic carbocycles. The highest BCUT2D eigenvalue weighted by Crippen LogP contribution is 2.28. The molecule has 2 atom stereocenters. The van der Waals surface area contributed by atoms with Crippen molar-refractivity contribution in [2.24, 2.45) is 11.8 Å². The highest BCUT2D eigenvalue weighted by molar-refractivity contribution is 5.72. The van der Waals surface area contributed by atoms with Crippen LogP contribution in [0.1, 0.15) is 26.7 Å². The van der Waals surface area contributed by atoms with Crippen LogP contribution in [0.3, 0.4) is 0 Å². The predicted octanol–water partition coefficient (Wildman–Crippen LogP) is 2.06. The van der Waals surface area contributed by atoms with E-state index in [0.29, 0.717) is 5.92 Å². The molecular weight excluding hydrogens is 140 g/mol. The van der Waals surface area contributed by atoms with Crippen LogP contribution in [-0.4, -0.2) is 11.1 Å². The maximum atomic E-state index is 10.7. The second kappa shape index (κ2) is 3.07. The third-order valence-electron chi connectivity index (χ3n) is 2.36. The Bertz CT molecular complexity index is 194. The van der Waals surface area contributed by atoms with Gasteiger partial charge in [-0.3, -0.25) is 4.79 Å². The first-order chi connectivity index (χ1) is 5.11. The van der Waals surface area contributed by atoms with Gasteiger partial charge in [-0.25, -0.2) is 0 Å². The molecule has 0 aromatic heterocycles. The number of carboxylic acids is 1. The molecule has 1 N–H and O–H groups in total. The van der Waals surface area contributed by atoms with Gasteiger partial charge in [0.05, 0.1) is 5.92 Å². The molecule has 1 rings (SSSR count). The molecule has 0 aromatic rings. The molecule has 11 heavy (non-hydrogen) atoms. The van der Waals surface area contributed by atoms with Crippen molar-refractivity contribution in [3.05, 3.63) is 11.6 Å². The largest absolute Gasteiger partial charge is 0.481 e. The highest BCUT2D eigenvalue weighted by Gasteiger charge is 2.25. The topological polar surface area (TPSA) is 37.3 Å². The fourth-order valence-corrected chi connectivity index (χ4v) is 1.50. The summed E-state index contributed by atoms with van der Waals surface area (Å²) in [6.07, 6.45) is 3.96. The molecule has 0 saturated carbocycles. The van der Waals surface area contributed by atoms with Gasteiger partial charge < -0.3 is 5.11 Å². The van der Waals surface area contributed by atoms with E-state index in [4.69, 9.17) is 5.11 Å². The van der Waals surface area contributed by atoms with Gasteiger partial charge in [0.15, 0.2) is 0 Å². The zero-order valence-electron chi connectivity index (χ0n) is 7.00. The third-order valence-corrected chi connectivity index (χ3v) is 2.36. The molecule has 0 heterocycles. The first-order valence-electron chi connectivity index (χ1n) is 4.01. The summed E-state index contributed by atoms with van der Waals surface area (Å²) in [5, 5.41) is 8.78. The Balaban J connectivity index is 2.75. The number of carbonyl (C=O) groups is 1. The molecule has 62 valence electrons. The molecule has 0 saturated heterocycles. The monoisotopic (exact) mass is 154 g/mol. The molecule has 1 aliphatic rings. The molecule has 0 amide bonds. The van der Waals surface area contributed by atoms with Gasteiger partial charge in [0.25, 0.3) is 0 Å². The number of hydrogen-bond acceptors (Lipinski definition) is 1. The van der Waals surface area contributed by atoms with Gasteiger partial charge in [0, 0.05) is 0 Å². The van der Waals surface area contributed by atoms with Crippen LogP contribution >= 0.6 is 0 Å². The van der Waals surface area contributed by atoms with Gasteiger partial charge in [0.1, 0.15) is 0 Å². The standard InChI is InChI=1S/C9H14O2/c1-6-3-4-7(2)8(5-6)9(10)11/h5,7-8H,3-4H2,1-2H3,(H,10,11). The summed E-state index contributed by atoms with van der Waals surface area (Å²) < 4.78 is 0. The Morgan fingerprint density at radius 2 is 2.36 bits per heavy atom. The minimum Gasteiger partial charge on any atom is -0.481 e. The van der Waals surface area contributed by atoms with E-state index in [1.165, 1.54) is 5.57 Å². The Labute approximate surface area is 66.9 Å². The number of carboxylic acid groups (broad SMARTS) is 1. The van der Waals surface area contributed by atoms with Crippen molar-refractivity contribution in [1.82, 2.24) is 0 Å². The van der Waals surface area contributed by atoms with E-state index < -0.39 is 5.97 Å². The third kappa shape index (κ3) is 1.82. The maximum Gasteiger partial charge on any atom is 0.310 e. The first-order valence-corrected chi connectivity index (χ1v) is 4.01. The second-order valence-corrected chi connectivity index (χ2v) is 3.39. The average molecular weight is 154 g/mol. The number of rotatable bonds is 1. The summed E-state index contributed by atoms with van der Waals surface area (Å²) in [4.78, 5) is 10.7. The average Bonchev–Trinajstić information content (AvgIpc) is 1.94. The van der Waals surface area contributed by atoms with Crippen LogP contribution < -0.4 is 0 Å². The lowest BCUT2D eigenvalue weighted by molar-refractivity contribution is -0.141. The van der Waals surface area contributed by atoms with E-state index in [9.17, 15) is 4.79 Å². The maximum absolute atomic E-state index is 10.7. The smallest absolute Gasteiger partial charge is 0.310 e. The summed E-state index contributed by atoms with van der Waals surface area (Å²) in [5.41, 5.74) is 1.22. The SMILES string of the molecule is CC1=CC(C(=O)O)C(C)CC1. The second-order valence-electron chi connectivity index (χ2n) is 3.39. The van der Waals surface area contributed by atoms with Gasteiger partial charge in [-0.2, -0.15) is 0 Å². The van der Waals surface area contributed by atoms with Crippen molar-refractivity contribution in [1.29, 1.82) is 0 Å². The summed E-state index contributed by atoms with van der Waals surface area (Å²) >= 11 is 0. The van der Waals surface area contributed by atoms with Crippen molar-refractivity contribution < 1.29 is 9.90 Å². The fourth-order valence-electron chi connectivity index (χ4n) is 1.50. The number of allylic oxidation sites excluding steroid dienone is 1. The number of hydrogen-bond donors (Lipinski definition) is 1. The van der Waals surface area contributed by atoms with Crippen molar-refractivity contribution in [3.63, 3.8) is 0 Å². The molecule has 0 spiro atoms. The molecule has 0 fully saturated rings. The minimum atomic E-state index is -0.684. The van der Waals surface area contributed by atoms with E-state index >= 15 is 0 Å². The lowest BCUT2D eigenvalue weighted by Gasteiger charge is -2.22. The summed E-state index contributed by atoms with van der Waals surface area (Å²) in [6.45, 7) is 4.00. The van der Waals surface area contributed by atoms with Gasteiger partial charge in [-0.15, -0.1) is 0 Å². The van der Waals surface area contributed by atoms with Gasteiger partial charge in [-0.05, 0) is 25.7 Å². The summed E-state index contributed by atoms with van der Waals surface area (Å²) in [7, 11) is 0. The molecule has 2 unspecified atom stereocenters. The first kappa shape index (κ1) is 8.31. The summed E-state index contributed by atoms with van der Waals surface area (Å²) in [5.74, 6) is -0.628. The van der Waals surface area contributed by atoms with E-state index in [1.54, 1.807) is 0 Å². The molecule has 0 bridgehead atoms. The van der Waals surface area contributed by atoms with Gasteiger partial charge >= 0.3 is 5.97 Å². The number of aliphatic carboxylic acids is 1. The Morgan fingerprint density at radius 3 is 2.82 bits per heavy atom. The van der Waals surface area contributed by atoms with Crippen LogP contribution in [0.15, 0.2) is 11.6 Å². The van der Waals surface area contributed by atoms with Gasteiger partial charge in [-0.1, -0.05) is 18.6 Å². The van der Waals surface area contributed by atoms with Crippen molar-refractivity contribution in [3.8, 4) is 0 Å². The normalized spacial score (nSPS) is 31.3. The van der Waals surface area contributed by atoms with E-state index in [2.05, 4.69) is 0 Å². The van der Waals surface area contributed by atoms with Crippen LogP contribution in [0.4, 0.5) is 0 Å². The Morgan fingerprint density at radius 1 is 1.73 bits per heavy atom. The van der Waals surface area contributed by atoms with Crippen LogP contribution in [0.2, 0.25) is 0 Å². The van der Waals surface area contributed by atoms with E-state index in [1.807, 2.05) is 19.9 Å². The van der Waals surface area contributed by atoms with Crippen LogP contribution in [0, 0.1) is 11.8 Å². The zero-order chi connectivity index (χ0) is 8.43. The Hall–Kier alpha value is -0.790. The van der Waals surface area contributed by atoms with E-state index in [-0.39, 0.29) is 5.92 Å². The molecule has 2 heteroatoms. The van der Waals surface area contributed by atoms with Crippen LogP contribution in [0.5, 0.6) is 0 Å². The Kier molecular flexibility index (Phi) is 2.32. The van der Waals surface area contributed by atoms with Crippen molar-refractivity contribution >= 4 is 5.97 Å². The summed E-state index contributed by atoms with van der Waals surface area (Å²) in [6, 6.07) is 0. The fraction of sp³-hybridized carbons (Fsp3) is 0.667. The predicted molar refractivity (Wildman–Crippen MR) is 43.3 cm³/mol. The lowest BCUT2D eigenvalue weighted by Crippen LogP contribution is -2.22. The molecule has 0 radical (unpaired) electrons. The zero-order valence-corrected chi connectivity index (χ0v) is 7.00. The molecule has 0 aliphatic heterocycles. The quantitative estimate of drug-likeness (QED) is 0.587. The highest BCUT2D eigenvalue weighted by atomic mass is 16.4.